The molecule has 0 aliphatic carbocycles. The molecule has 2 aromatic rings. The van der Waals surface area contributed by atoms with Gasteiger partial charge in [-0.2, -0.15) is 5.10 Å². The second kappa shape index (κ2) is 5.50. The Kier molecular flexibility index (Phi) is 3.77. The van der Waals surface area contributed by atoms with Gasteiger partial charge in [-0.25, -0.2) is 4.68 Å². The van der Waals surface area contributed by atoms with Crippen molar-refractivity contribution in [3.8, 4) is 11.4 Å². The minimum atomic E-state index is 0.690. The van der Waals surface area contributed by atoms with Crippen molar-refractivity contribution >= 4 is 0 Å². The maximum atomic E-state index is 5.56. The zero-order valence-corrected chi connectivity index (χ0v) is 9.97. The lowest BCUT2D eigenvalue weighted by Gasteiger charge is -2.11. The van der Waals surface area contributed by atoms with E-state index in [2.05, 4.69) is 5.10 Å². The predicted molar refractivity (Wildman–Crippen MR) is 67.5 cm³/mol. The maximum absolute atomic E-state index is 5.56. The first-order valence-electron chi connectivity index (χ1n) is 5.72. The number of hydrogen-bond acceptors (Lipinski definition) is 3. The van der Waals surface area contributed by atoms with Crippen molar-refractivity contribution in [2.45, 2.75) is 12.8 Å². The third-order valence-electron chi connectivity index (χ3n) is 2.69. The summed E-state index contributed by atoms with van der Waals surface area (Å²) in [6.07, 6.45) is 5.61. The van der Waals surface area contributed by atoms with Crippen LogP contribution >= 0.6 is 0 Å². The Morgan fingerprint density at radius 3 is 2.94 bits per heavy atom. The number of aromatic nitrogens is 2. The van der Waals surface area contributed by atoms with Gasteiger partial charge in [-0.3, -0.25) is 0 Å². The second-order valence-corrected chi connectivity index (χ2v) is 3.84. The molecule has 0 aliphatic rings. The fourth-order valence-corrected chi connectivity index (χ4v) is 1.82. The fraction of sp³-hybridized carbons (Fsp3) is 0.308. The molecule has 2 rings (SSSR count). The Bertz CT molecular complexity index is 466. The van der Waals surface area contributed by atoms with Crippen molar-refractivity contribution in [3.05, 3.63) is 42.2 Å². The van der Waals surface area contributed by atoms with Crippen LogP contribution < -0.4 is 10.5 Å². The largest absolute Gasteiger partial charge is 0.497 e. The van der Waals surface area contributed by atoms with Crippen LogP contribution in [0.3, 0.4) is 0 Å². The molecule has 0 bridgehead atoms. The van der Waals surface area contributed by atoms with Crippen LogP contribution in [0.1, 0.15) is 12.0 Å². The Morgan fingerprint density at radius 1 is 1.41 bits per heavy atom. The van der Waals surface area contributed by atoms with E-state index in [9.17, 15) is 0 Å². The van der Waals surface area contributed by atoms with Crippen LogP contribution in [0.15, 0.2) is 36.7 Å². The van der Waals surface area contributed by atoms with E-state index < -0.39 is 0 Å². The summed E-state index contributed by atoms with van der Waals surface area (Å²) in [5.74, 6) is 0.868. The quantitative estimate of drug-likeness (QED) is 0.853. The van der Waals surface area contributed by atoms with Crippen LogP contribution in [0.2, 0.25) is 0 Å². The van der Waals surface area contributed by atoms with Crippen molar-refractivity contribution in [3.63, 3.8) is 0 Å². The zero-order valence-electron chi connectivity index (χ0n) is 9.97. The van der Waals surface area contributed by atoms with E-state index in [1.54, 1.807) is 13.3 Å². The van der Waals surface area contributed by atoms with Crippen LogP contribution in [-0.2, 0) is 6.42 Å². The average molecular weight is 231 g/mol. The third kappa shape index (κ3) is 2.65. The van der Waals surface area contributed by atoms with E-state index in [1.165, 1.54) is 5.56 Å². The first-order valence-corrected chi connectivity index (χ1v) is 5.72. The number of nitrogens with zero attached hydrogens (tertiary/aromatic N) is 2. The monoisotopic (exact) mass is 231 g/mol. The standard InChI is InChI=1S/C13H17N3O/c1-17-12-5-6-13(16-9-3-8-15-16)11(10-12)4-2-7-14/h3,5-6,8-10H,2,4,7,14H2,1H3. The van der Waals surface area contributed by atoms with Gasteiger partial charge in [0.25, 0.3) is 0 Å². The maximum Gasteiger partial charge on any atom is 0.119 e. The molecule has 0 saturated heterocycles. The molecule has 90 valence electrons. The van der Waals surface area contributed by atoms with E-state index in [0.29, 0.717) is 6.54 Å². The molecule has 0 fully saturated rings. The molecule has 1 heterocycles. The first-order chi connectivity index (χ1) is 8.35. The molecular formula is C13H17N3O. The lowest BCUT2D eigenvalue weighted by molar-refractivity contribution is 0.414. The Balaban J connectivity index is 2.36. The molecular weight excluding hydrogens is 214 g/mol. The number of aryl methyl sites for hydroxylation is 1. The number of benzene rings is 1. The van der Waals surface area contributed by atoms with Crippen molar-refractivity contribution in [2.24, 2.45) is 5.73 Å². The number of ether oxygens (including phenoxy) is 1. The van der Waals surface area contributed by atoms with Crippen LogP contribution in [0, 0.1) is 0 Å². The highest BCUT2D eigenvalue weighted by Gasteiger charge is 2.06. The molecule has 0 unspecified atom stereocenters. The van der Waals surface area contributed by atoms with Crippen LogP contribution in [-0.4, -0.2) is 23.4 Å². The molecule has 2 N–H and O–H groups in total. The molecule has 0 amide bonds. The molecule has 1 aromatic heterocycles. The van der Waals surface area contributed by atoms with Gasteiger partial charge in [0.15, 0.2) is 0 Å². The summed E-state index contributed by atoms with van der Waals surface area (Å²) in [5, 5.41) is 4.26. The summed E-state index contributed by atoms with van der Waals surface area (Å²) in [5.41, 5.74) is 7.86. The van der Waals surface area contributed by atoms with E-state index in [-0.39, 0.29) is 0 Å². The molecule has 17 heavy (non-hydrogen) atoms. The van der Waals surface area contributed by atoms with Gasteiger partial charge in [0.2, 0.25) is 0 Å². The summed E-state index contributed by atoms with van der Waals surface area (Å²) in [6, 6.07) is 7.93. The lowest BCUT2D eigenvalue weighted by atomic mass is 10.1. The molecule has 1 aromatic carbocycles. The van der Waals surface area contributed by atoms with Crippen molar-refractivity contribution in [1.29, 1.82) is 0 Å². The minimum absolute atomic E-state index is 0.690. The second-order valence-electron chi connectivity index (χ2n) is 3.84. The summed E-state index contributed by atoms with van der Waals surface area (Å²) in [7, 11) is 1.68. The highest BCUT2D eigenvalue weighted by atomic mass is 16.5. The SMILES string of the molecule is COc1ccc(-n2cccn2)c(CCCN)c1. The molecule has 0 saturated carbocycles. The van der Waals surface area contributed by atoms with Crippen LogP contribution in [0.25, 0.3) is 5.69 Å². The molecule has 0 radical (unpaired) electrons. The molecule has 0 aliphatic heterocycles. The predicted octanol–water partition coefficient (Wildman–Crippen LogP) is 1.77. The number of rotatable bonds is 5. The van der Waals surface area contributed by atoms with E-state index in [1.807, 2.05) is 35.1 Å². The van der Waals surface area contributed by atoms with Gasteiger partial charge < -0.3 is 10.5 Å². The normalized spacial score (nSPS) is 10.5. The minimum Gasteiger partial charge on any atom is -0.497 e. The summed E-state index contributed by atoms with van der Waals surface area (Å²) in [6.45, 7) is 0.690. The molecule has 4 heteroatoms. The number of nitrogens with two attached hydrogens (primary N) is 1. The topological polar surface area (TPSA) is 53.1 Å². The summed E-state index contributed by atoms with van der Waals surface area (Å²) < 4.78 is 7.11. The van der Waals surface area contributed by atoms with Gasteiger partial charge in [0.05, 0.1) is 12.8 Å². The highest BCUT2D eigenvalue weighted by Crippen LogP contribution is 2.21. The summed E-state index contributed by atoms with van der Waals surface area (Å²) in [4.78, 5) is 0. The number of hydrogen-bond donors (Lipinski definition) is 1. The van der Waals surface area contributed by atoms with Crippen LogP contribution in [0.5, 0.6) is 5.75 Å². The Morgan fingerprint density at radius 2 is 2.29 bits per heavy atom. The number of methoxy groups -OCH3 is 1. The van der Waals surface area contributed by atoms with E-state index >= 15 is 0 Å². The summed E-state index contributed by atoms with van der Waals surface area (Å²) >= 11 is 0. The smallest absolute Gasteiger partial charge is 0.119 e. The average Bonchev–Trinajstić information content (AvgIpc) is 2.89. The third-order valence-corrected chi connectivity index (χ3v) is 2.69. The van der Waals surface area contributed by atoms with Gasteiger partial charge in [0, 0.05) is 12.4 Å². The fourth-order valence-electron chi connectivity index (χ4n) is 1.82. The van der Waals surface area contributed by atoms with Crippen molar-refractivity contribution in [2.75, 3.05) is 13.7 Å². The van der Waals surface area contributed by atoms with Gasteiger partial charge in [-0.15, -0.1) is 0 Å². The van der Waals surface area contributed by atoms with E-state index in [4.69, 9.17) is 10.5 Å². The Hall–Kier alpha value is -1.81. The molecule has 0 atom stereocenters. The van der Waals surface area contributed by atoms with Gasteiger partial charge >= 0.3 is 0 Å². The van der Waals surface area contributed by atoms with Crippen LogP contribution in [0.4, 0.5) is 0 Å². The van der Waals surface area contributed by atoms with Crippen molar-refractivity contribution < 1.29 is 4.74 Å². The van der Waals surface area contributed by atoms with Gasteiger partial charge in [0.1, 0.15) is 5.75 Å². The lowest BCUT2D eigenvalue weighted by Crippen LogP contribution is -2.05. The van der Waals surface area contributed by atoms with Crippen molar-refractivity contribution in [1.82, 2.24) is 9.78 Å². The highest BCUT2D eigenvalue weighted by molar-refractivity contribution is 5.45. The van der Waals surface area contributed by atoms with Gasteiger partial charge in [-0.05, 0) is 49.2 Å². The Labute approximate surface area is 101 Å². The molecule has 0 spiro atoms. The van der Waals surface area contributed by atoms with E-state index in [0.717, 1.165) is 24.3 Å². The first kappa shape index (κ1) is 11.7. The van der Waals surface area contributed by atoms with Gasteiger partial charge in [-0.1, -0.05) is 0 Å². The zero-order chi connectivity index (χ0) is 12.1. The molecule has 4 nitrogen and oxygen atoms in total.